The molecule has 1 atom stereocenters. The molecule has 4 heterocycles. The van der Waals surface area contributed by atoms with Gasteiger partial charge in [0.05, 0.1) is 6.26 Å². The number of hydrogen-bond acceptors (Lipinski definition) is 8. The smallest absolute Gasteiger partial charge is 0.186 e. The minimum Gasteiger partial charge on any atom is -0.463 e. The van der Waals surface area contributed by atoms with Gasteiger partial charge in [-0.15, -0.1) is 0 Å². The molecule has 0 bridgehead atoms. The van der Waals surface area contributed by atoms with Crippen molar-refractivity contribution in [2.24, 2.45) is 5.92 Å². The Morgan fingerprint density at radius 1 is 1.38 bits per heavy atom. The van der Waals surface area contributed by atoms with Crippen LogP contribution in [0, 0.1) is 5.92 Å². The van der Waals surface area contributed by atoms with Crippen LogP contribution in [0.4, 0.5) is 5.13 Å². The third kappa shape index (κ3) is 4.39. The molecule has 0 spiro atoms. The maximum atomic E-state index is 13.1. The van der Waals surface area contributed by atoms with Crippen LogP contribution in [0.3, 0.4) is 0 Å². The van der Waals surface area contributed by atoms with Crippen molar-refractivity contribution in [1.82, 2.24) is 9.97 Å². The van der Waals surface area contributed by atoms with Crippen LogP contribution >= 0.6 is 11.3 Å². The van der Waals surface area contributed by atoms with Crippen LogP contribution in [0.15, 0.2) is 41.3 Å². The first-order valence-corrected chi connectivity index (χ1v) is 10.5. The Labute approximate surface area is 172 Å². The summed E-state index contributed by atoms with van der Waals surface area (Å²) < 4.78 is 10.9. The van der Waals surface area contributed by atoms with Gasteiger partial charge in [0.1, 0.15) is 10.6 Å². The van der Waals surface area contributed by atoms with E-state index in [1.807, 2.05) is 13.0 Å². The summed E-state index contributed by atoms with van der Waals surface area (Å²) in [5.41, 5.74) is 2.19. The fraction of sp³-hybridized carbons (Fsp3) is 0.381. The monoisotopic (exact) mass is 413 g/mol. The molecule has 1 fully saturated rings. The normalized spacial score (nSPS) is 15.9. The van der Waals surface area contributed by atoms with E-state index >= 15 is 0 Å². The lowest BCUT2D eigenvalue weighted by Gasteiger charge is -2.20. The summed E-state index contributed by atoms with van der Waals surface area (Å²) in [5.74, 6) is 0.504. The lowest BCUT2D eigenvalue weighted by Crippen LogP contribution is -2.23. The summed E-state index contributed by atoms with van der Waals surface area (Å²) in [5, 5.41) is 14.1. The van der Waals surface area contributed by atoms with Gasteiger partial charge >= 0.3 is 0 Å². The summed E-state index contributed by atoms with van der Waals surface area (Å²) in [4.78, 5) is 22.4. The van der Waals surface area contributed by atoms with Crippen LogP contribution in [0.2, 0.25) is 0 Å². The number of nitrogens with one attached hydrogen (secondary N) is 1. The number of aliphatic hydroxyl groups excluding tert-OH is 1. The van der Waals surface area contributed by atoms with Crippen LogP contribution in [0.25, 0.3) is 11.5 Å². The van der Waals surface area contributed by atoms with E-state index in [0.29, 0.717) is 53.1 Å². The second kappa shape index (κ2) is 8.86. The zero-order valence-electron chi connectivity index (χ0n) is 16.1. The predicted octanol–water partition coefficient (Wildman–Crippen LogP) is 4.07. The maximum Gasteiger partial charge on any atom is 0.186 e. The molecule has 0 saturated carbocycles. The van der Waals surface area contributed by atoms with Crippen LogP contribution in [-0.4, -0.2) is 34.1 Å². The molecule has 0 amide bonds. The van der Waals surface area contributed by atoms with Crippen molar-refractivity contribution in [2.45, 2.75) is 32.4 Å². The Kier molecular flexibility index (Phi) is 6.03. The summed E-state index contributed by atoms with van der Waals surface area (Å²) in [7, 11) is 0. The Morgan fingerprint density at radius 3 is 2.93 bits per heavy atom. The average molecular weight is 413 g/mol. The van der Waals surface area contributed by atoms with Crippen LogP contribution in [0.1, 0.15) is 46.8 Å². The lowest BCUT2D eigenvalue weighted by atomic mass is 9.94. The molecule has 4 rings (SSSR count). The second-order valence-corrected chi connectivity index (χ2v) is 7.95. The average Bonchev–Trinajstić information content (AvgIpc) is 3.44. The van der Waals surface area contributed by atoms with Crippen LogP contribution in [-0.2, 0) is 11.2 Å². The van der Waals surface area contributed by atoms with Crippen molar-refractivity contribution in [1.29, 1.82) is 0 Å². The van der Waals surface area contributed by atoms with E-state index in [2.05, 4.69) is 15.3 Å². The molecule has 2 N–H and O–H groups in total. The first-order valence-electron chi connectivity index (χ1n) is 9.70. The molecule has 29 heavy (non-hydrogen) atoms. The van der Waals surface area contributed by atoms with Gasteiger partial charge in [-0.2, -0.15) is 0 Å². The number of aliphatic hydroxyl groups is 1. The SMILES string of the molecule is CCc1cncc(C(O)Nc2nc(-c3ccco3)c(C(=O)C3CCOCC3)s2)c1. The van der Waals surface area contributed by atoms with Gasteiger partial charge in [-0.1, -0.05) is 18.3 Å². The van der Waals surface area contributed by atoms with E-state index in [-0.39, 0.29) is 11.7 Å². The molecule has 0 aliphatic carbocycles. The molecule has 1 unspecified atom stereocenters. The molecule has 3 aromatic heterocycles. The molecular weight excluding hydrogens is 390 g/mol. The van der Waals surface area contributed by atoms with Gasteiger partial charge < -0.3 is 19.6 Å². The lowest BCUT2D eigenvalue weighted by molar-refractivity contribution is 0.0547. The summed E-state index contributed by atoms with van der Waals surface area (Å²) in [6.07, 6.45) is 6.21. The number of nitrogens with zero attached hydrogens (tertiary/aromatic N) is 2. The number of furan rings is 1. The third-order valence-corrected chi connectivity index (χ3v) is 6.00. The fourth-order valence-electron chi connectivity index (χ4n) is 3.33. The molecule has 1 aliphatic heterocycles. The van der Waals surface area contributed by atoms with Gasteiger partial charge in [0.15, 0.2) is 22.9 Å². The Bertz CT molecular complexity index is 964. The largest absolute Gasteiger partial charge is 0.463 e. The van der Waals surface area contributed by atoms with E-state index in [1.54, 1.807) is 30.8 Å². The van der Waals surface area contributed by atoms with Gasteiger partial charge in [-0.25, -0.2) is 4.98 Å². The van der Waals surface area contributed by atoms with Gasteiger partial charge in [0, 0.05) is 37.1 Å². The van der Waals surface area contributed by atoms with Crippen LogP contribution < -0.4 is 5.32 Å². The van der Waals surface area contributed by atoms with E-state index in [0.717, 1.165) is 12.0 Å². The number of aromatic nitrogens is 2. The number of ketones is 1. The van der Waals surface area contributed by atoms with E-state index in [4.69, 9.17) is 9.15 Å². The Balaban J connectivity index is 1.61. The Morgan fingerprint density at radius 2 is 2.21 bits per heavy atom. The number of ether oxygens (including phenoxy) is 1. The first kappa shape index (κ1) is 19.8. The molecule has 0 radical (unpaired) electrons. The summed E-state index contributed by atoms with van der Waals surface area (Å²) in [6, 6.07) is 5.45. The molecule has 1 saturated heterocycles. The van der Waals surface area contributed by atoms with Crippen molar-refractivity contribution in [2.75, 3.05) is 18.5 Å². The highest BCUT2D eigenvalue weighted by molar-refractivity contribution is 7.18. The maximum absolute atomic E-state index is 13.1. The quantitative estimate of drug-likeness (QED) is 0.445. The number of pyridine rings is 1. The topological polar surface area (TPSA) is 97.5 Å². The number of carbonyl (C=O) groups is 1. The zero-order chi connectivity index (χ0) is 20.2. The van der Waals surface area contributed by atoms with Gasteiger partial charge in [0.25, 0.3) is 0 Å². The van der Waals surface area contributed by atoms with Gasteiger partial charge in [-0.3, -0.25) is 9.78 Å². The van der Waals surface area contributed by atoms with Crippen molar-refractivity contribution in [3.8, 4) is 11.5 Å². The number of rotatable bonds is 7. The first-order chi connectivity index (χ1) is 14.2. The fourth-order valence-corrected chi connectivity index (χ4v) is 4.34. The van der Waals surface area contributed by atoms with E-state index < -0.39 is 6.23 Å². The minimum atomic E-state index is -0.976. The number of aryl methyl sites for hydroxylation is 1. The standard InChI is InChI=1S/C21H23N3O4S/c1-2-13-10-15(12-22-11-13)20(26)24-21-23-17(16-4-3-7-28-16)19(29-21)18(25)14-5-8-27-9-6-14/h3-4,7,10-12,14,20,26H,2,5-6,8-9H2,1H3,(H,23,24). The zero-order valence-corrected chi connectivity index (χ0v) is 16.9. The molecule has 8 heteroatoms. The molecule has 1 aliphatic rings. The third-order valence-electron chi connectivity index (χ3n) is 5.00. The number of carbonyl (C=O) groups excluding carboxylic acids is 1. The minimum absolute atomic E-state index is 0.0504. The Hall–Kier alpha value is -2.55. The van der Waals surface area contributed by atoms with Gasteiger partial charge in [-0.05, 0) is 43.0 Å². The second-order valence-electron chi connectivity index (χ2n) is 6.95. The summed E-state index contributed by atoms with van der Waals surface area (Å²) in [6.45, 7) is 3.22. The van der Waals surface area contributed by atoms with Gasteiger partial charge in [0.2, 0.25) is 0 Å². The predicted molar refractivity (Wildman–Crippen MR) is 110 cm³/mol. The highest BCUT2D eigenvalue weighted by atomic mass is 32.1. The van der Waals surface area contributed by atoms with Crippen molar-refractivity contribution >= 4 is 22.3 Å². The molecule has 152 valence electrons. The van der Waals surface area contributed by atoms with Crippen molar-refractivity contribution in [3.05, 3.63) is 52.9 Å². The summed E-state index contributed by atoms with van der Waals surface area (Å²) >= 11 is 1.24. The number of anilines is 1. The molecule has 7 nitrogen and oxygen atoms in total. The number of Topliss-reactive ketones (excluding diaryl/α,β-unsaturated/α-hetero) is 1. The van der Waals surface area contributed by atoms with E-state index in [9.17, 15) is 9.90 Å². The highest BCUT2D eigenvalue weighted by Gasteiger charge is 2.29. The van der Waals surface area contributed by atoms with Crippen molar-refractivity contribution in [3.63, 3.8) is 0 Å². The van der Waals surface area contributed by atoms with E-state index in [1.165, 1.54) is 11.3 Å². The molecule has 3 aromatic rings. The number of hydrogen-bond donors (Lipinski definition) is 2. The molecule has 0 aromatic carbocycles. The van der Waals surface area contributed by atoms with Crippen molar-refractivity contribution < 1.29 is 19.1 Å². The number of thiazole rings is 1. The van der Waals surface area contributed by atoms with Crippen LogP contribution in [0.5, 0.6) is 0 Å². The molecular formula is C21H23N3O4S. The highest BCUT2D eigenvalue weighted by Crippen LogP contribution is 2.36.